The average molecular weight is 335 g/mol. The molecule has 24 heavy (non-hydrogen) atoms. The Morgan fingerprint density at radius 1 is 1.29 bits per heavy atom. The molecule has 0 aliphatic carbocycles. The molecule has 1 fully saturated rings. The Morgan fingerprint density at radius 2 is 2.00 bits per heavy atom. The fourth-order valence-electron chi connectivity index (χ4n) is 3.15. The minimum atomic E-state index is -0.0370. The van der Waals surface area contributed by atoms with E-state index < -0.39 is 0 Å². The number of likely N-dealkylation sites (tertiary alicyclic amines) is 1. The van der Waals surface area contributed by atoms with Crippen LogP contribution in [-0.2, 0) is 0 Å². The van der Waals surface area contributed by atoms with Gasteiger partial charge in [0.1, 0.15) is 6.33 Å². The second-order valence-electron chi connectivity index (χ2n) is 7.00. The topological polar surface area (TPSA) is 72.8 Å². The SMILES string of the molecule is Cc1ncncc1C(=O)N1C[C@@H](CN(C)CCN(C)C)[C@@H](CO)C1. The molecule has 2 heterocycles. The summed E-state index contributed by atoms with van der Waals surface area (Å²) in [4.78, 5) is 27.0. The van der Waals surface area contributed by atoms with Gasteiger partial charge in [0, 0.05) is 51.4 Å². The summed E-state index contributed by atoms with van der Waals surface area (Å²) >= 11 is 0. The lowest BCUT2D eigenvalue weighted by molar-refractivity contribution is 0.0777. The van der Waals surface area contributed by atoms with E-state index in [1.165, 1.54) is 6.33 Å². The lowest BCUT2D eigenvalue weighted by atomic mass is 9.96. The molecule has 2 atom stereocenters. The van der Waals surface area contributed by atoms with Gasteiger partial charge in [-0.25, -0.2) is 9.97 Å². The van der Waals surface area contributed by atoms with Crippen LogP contribution in [0.2, 0.25) is 0 Å². The maximum Gasteiger partial charge on any atom is 0.257 e. The number of nitrogens with zero attached hydrogens (tertiary/aromatic N) is 5. The first-order chi connectivity index (χ1) is 11.4. The summed E-state index contributed by atoms with van der Waals surface area (Å²) in [6, 6.07) is 0. The van der Waals surface area contributed by atoms with Crippen LogP contribution in [0, 0.1) is 18.8 Å². The van der Waals surface area contributed by atoms with Gasteiger partial charge in [-0.05, 0) is 34.0 Å². The number of hydrogen-bond donors (Lipinski definition) is 1. The molecule has 1 aliphatic heterocycles. The van der Waals surface area contributed by atoms with Crippen LogP contribution in [0.3, 0.4) is 0 Å². The molecular weight excluding hydrogens is 306 g/mol. The quantitative estimate of drug-likeness (QED) is 0.754. The third-order valence-corrected chi connectivity index (χ3v) is 4.72. The van der Waals surface area contributed by atoms with Gasteiger partial charge in [-0.3, -0.25) is 4.79 Å². The van der Waals surface area contributed by atoms with Gasteiger partial charge >= 0.3 is 0 Å². The van der Waals surface area contributed by atoms with E-state index in [1.54, 1.807) is 6.20 Å². The smallest absolute Gasteiger partial charge is 0.257 e. The summed E-state index contributed by atoms with van der Waals surface area (Å²) in [6.07, 6.45) is 3.03. The largest absolute Gasteiger partial charge is 0.396 e. The van der Waals surface area contributed by atoms with E-state index in [-0.39, 0.29) is 24.3 Å². The second-order valence-corrected chi connectivity index (χ2v) is 7.00. The van der Waals surface area contributed by atoms with Gasteiger partial charge in [-0.15, -0.1) is 0 Å². The highest BCUT2D eigenvalue weighted by Crippen LogP contribution is 2.25. The summed E-state index contributed by atoms with van der Waals surface area (Å²) in [5, 5.41) is 9.70. The van der Waals surface area contributed by atoms with E-state index in [0.717, 1.165) is 19.6 Å². The molecule has 134 valence electrons. The summed E-state index contributed by atoms with van der Waals surface area (Å²) in [6.45, 7) is 6.05. The minimum absolute atomic E-state index is 0.0370. The molecule has 0 radical (unpaired) electrons. The molecule has 1 aromatic heterocycles. The average Bonchev–Trinajstić information content (AvgIpc) is 2.95. The van der Waals surface area contributed by atoms with Gasteiger partial charge in [0.15, 0.2) is 0 Å². The van der Waals surface area contributed by atoms with Crippen molar-refractivity contribution in [3.8, 4) is 0 Å². The second kappa shape index (κ2) is 8.50. The number of aromatic nitrogens is 2. The summed E-state index contributed by atoms with van der Waals surface area (Å²) < 4.78 is 0. The highest BCUT2D eigenvalue weighted by Gasteiger charge is 2.36. The number of aliphatic hydroxyl groups excluding tert-OH is 1. The van der Waals surface area contributed by atoms with Crippen LogP contribution in [-0.4, -0.2) is 96.2 Å². The number of likely N-dealkylation sites (N-methyl/N-ethyl adjacent to an activating group) is 2. The zero-order valence-corrected chi connectivity index (χ0v) is 15.1. The van der Waals surface area contributed by atoms with E-state index in [9.17, 15) is 9.90 Å². The van der Waals surface area contributed by atoms with Crippen molar-refractivity contribution in [1.82, 2.24) is 24.7 Å². The van der Waals surface area contributed by atoms with Crippen LogP contribution in [0.4, 0.5) is 0 Å². The molecule has 1 amide bonds. The van der Waals surface area contributed by atoms with Crippen molar-refractivity contribution in [2.45, 2.75) is 6.92 Å². The Morgan fingerprint density at radius 3 is 2.62 bits per heavy atom. The number of aryl methyl sites for hydroxylation is 1. The Kier molecular flexibility index (Phi) is 6.65. The lowest BCUT2D eigenvalue weighted by Crippen LogP contribution is -2.35. The first-order valence-electron chi connectivity index (χ1n) is 8.42. The van der Waals surface area contributed by atoms with Gasteiger partial charge in [0.25, 0.3) is 5.91 Å². The number of aliphatic hydroxyl groups is 1. The Hall–Kier alpha value is -1.57. The normalized spacial score (nSPS) is 21.0. The van der Waals surface area contributed by atoms with Crippen LogP contribution >= 0.6 is 0 Å². The standard InChI is InChI=1S/C17H29N5O2/c1-13-16(7-18-12-19-13)17(24)22-9-14(15(10-22)11-23)8-21(4)6-5-20(2)3/h7,12,14-15,23H,5-6,8-11H2,1-4H3/t14-,15-/m1/s1. The van der Waals surface area contributed by atoms with Crippen molar-refractivity contribution in [1.29, 1.82) is 0 Å². The number of amides is 1. The van der Waals surface area contributed by atoms with Gasteiger partial charge in [0.05, 0.1) is 11.3 Å². The van der Waals surface area contributed by atoms with E-state index >= 15 is 0 Å². The highest BCUT2D eigenvalue weighted by molar-refractivity contribution is 5.95. The molecule has 0 bridgehead atoms. The predicted molar refractivity (Wildman–Crippen MR) is 92.8 cm³/mol. The molecule has 7 nitrogen and oxygen atoms in total. The van der Waals surface area contributed by atoms with E-state index in [4.69, 9.17) is 0 Å². The van der Waals surface area contributed by atoms with E-state index in [0.29, 0.717) is 24.3 Å². The Labute approximate surface area is 144 Å². The van der Waals surface area contributed by atoms with Gasteiger partial charge in [0.2, 0.25) is 0 Å². The lowest BCUT2D eigenvalue weighted by Gasteiger charge is -2.25. The number of carbonyl (C=O) groups excluding carboxylic acids is 1. The maximum atomic E-state index is 12.7. The monoisotopic (exact) mass is 335 g/mol. The Bertz CT molecular complexity index is 552. The predicted octanol–water partition coefficient (Wildman–Crippen LogP) is -0.0411. The van der Waals surface area contributed by atoms with Gasteiger partial charge < -0.3 is 19.8 Å². The van der Waals surface area contributed by atoms with Crippen LogP contribution in [0.15, 0.2) is 12.5 Å². The van der Waals surface area contributed by atoms with E-state index in [2.05, 4.69) is 40.9 Å². The molecule has 1 N–H and O–H groups in total. The minimum Gasteiger partial charge on any atom is -0.396 e. The summed E-state index contributed by atoms with van der Waals surface area (Å²) in [5.41, 5.74) is 1.25. The molecule has 1 aromatic rings. The van der Waals surface area contributed by atoms with Crippen molar-refractivity contribution in [2.24, 2.45) is 11.8 Å². The zero-order chi connectivity index (χ0) is 17.7. The fourth-order valence-corrected chi connectivity index (χ4v) is 3.15. The van der Waals surface area contributed by atoms with Crippen molar-refractivity contribution in [2.75, 3.05) is 60.5 Å². The molecule has 0 spiro atoms. The third kappa shape index (κ3) is 4.72. The fraction of sp³-hybridized carbons (Fsp3) is 0.706. The van der Waals surface area contributed by atoms with Crippen molar-refractivity contribution in [3.63, 3.8) is 0 Å². The Balaban J connectivity index is 1.98. The first kappa shape index (κ1) is 18.8. The molecule has 0 unspecified atom stereocenters. The van der Waals surface area contributed by atoms with Crippen molar-refractivity contribution in [3.05, 3.63) is 23.8 Å². The van der Waals surface area contributed by atoms with Crippen molar-refractivity contribution < 1.29 is 9.90 Å². The first-order valence-corrected chi connectivity index (χ1v) is 8.42. The van der Waals surface area contributed by atoms with Crippen LogP contribution < -0.4 is 0 Å². The molecule has 0 aromatic carbocycles. The summed E-state index contributed by atoms with van der Waals surface area (Å²) in [5.74, 6) is 0.377. The van der Waals surface area contributed by atoms with Gasteiger partial charge in [-0.1, -0.05) is 0 Å². The number of hydrogen-bond acceptors (Lipinski definition) is 6. The molecular formula is C17H29N5O2. The number of carbonyl (C=O) groups is 1. The van der Waals surface area contributed by atoms with Crippen LogP contribution in [0.5, 0.6) is 0 Å². The molecule has 7 heteroatoms. The molecule has 1 saturated heterocycles. The highest BCUT2D eigenvalue weighted by atomic mass is 16.3. The van der Waals surface area contributed by atoms with E-state index in [1.807, 2.05) is 11.8 Å². The van der Waals surface area contributed by atoms with Gasteiger partial charge in [-0.2, -0.15) is 0 Å². The molecule has 0 saturated carbocycles. The maximum absolute atomic E-state index is 12.7. The molecule has 1 aliphatic rings. The van der Waals surface area contributed by atoms with Crippen LogP contribution in [0.1, 0.15) is 16.1 Å². The number of rotatable bonds is 7. The van der Waals surface area contributed by atoms with Crippen molar-refractivity contribution >= 4 is 5.91 Å². The zero-order valence-electron chi connectivity index (χ0n) is 15.1. The molecule has 2 rings (SSSR count). The third-order valence-electron chi connectivity index (χ3n) is 4.72. The summed E-state index contributed by atoms with van der Waals surface area (Å²) in [7, 11) is 6.22. The van der Waals surface area contributed by atoms with Crippen LogP contribution in [0.25, 0.3) is 0 Å².